The zero-order chi connectivity index (χ0) is 14.1. The number of carbonyl (C=O) groups is 2. The van der Waals surface area contributed by atoms with E-state index in [1.807, 2.05) is 12.1 Å². The molecule has 0 saturated heterocycles. The van der Waals surface area contributed by atoms with Crippen LogP contribution in [-0.4, -0.2) is 23.6 Å². The van der Waals surface area contributed by atoms with Crippen LogP contribution in [0.4, 0.5) is 11.4 Å². The zero-order valence-electron chi connectivity index (χ0n) is 11.4. The van der Waals surface area contributed by atoms with Crippen LogP contribution < -0.4 is 16.4 Å². The summed E-state index contributed by atoms with van der Waals surface area (Å²) in [6.07, 6.45) is 2.77. The molecule has 0 bridgehead atoms. The molecule has 1 aliphatic heterocycles. The summed E-state index contributed by atoms with van der Waals surface area (Å²) in [6.45, 7) is 0. The number of hydrogen-bond acceptors (Lipinski definition) is 4. The average Bonchev–Trinajstić information content (AvgIpc) is 2.84. The number of amides is 2. The molecule has 1 heterocycles. The maximum absolute atomic E-state index is 12.2. The number of nitrogens with two attached hydrogens (primary N) is 1. The molecule has 114 valence electrons. The largest absolute Gasteiger partial charge is 0.327 e. The summed E-state index contributed by atoms with van der Waals surface area (Å²) in [4.78, 5) is 24.6. The highest BCUT2D eigenvalue weighted by Gasteiger charge is 2.30. The van der Waals surface area contributed by atoms with Crippen LogP contribution >= 0.6 is 24.2 Å². The molecule has 0 radical (unpaired) electrons. The molecule has 2 atom stereocenters. The fourth-order valence-electron chi connectivity index (χ4n) is 2.71. The average molecular weight is 328 g/mol. The van der Waals surface area contributed by atoms with E-state index in [0.29, 0.717) is 11.4 Å². The molecule has 1 aliphatic carbocycles. The first-order chi connectivity index (χ1) is 9.63. The SMILES string of the molecule is Cl.NC1CCCC1C(=O)Nc1ccc2c(c1)NC(=O)CS2. The second kappa shape index (κ2) is 6.68. The third-order valence-electron chi connectivity index (χ3n) is 3.79. The molecule has 3 rings (SSSR count). The smallest absolute Gasteiger partial charge is 0.234 e. The van der Waals surface area contributed by atoms with Gasteiger partial charge in [-0.1, -0.05) is 6.42 Å². The number of benzene rings is 1. The van der Waals surface area contributed by atoms with Gasteiger partial charge in [0.2, 0.25) is 11.8 Å². The molecule has 2 amide bonds. The molecule has 1 fully saturated rings. The van der Waals surface area contributed by atoms with Gasteiger partial charge in [0.1, 0.15) is 0 Å². The molecule has 21 heavy (non-hydrogen) atoms. The number of hydrogen-bond donors (Lipinski definition) is 3. The Bertz CT molecular complexity index is 567. The fraction of sp³-hybridized carbons (Fsp3) is 0.429. The summed E-state index contributed by atoms with van der Waals surface area (Å²) in [5.41, 5.74) is 7.41. The molecule has 2 unspecified atom stereocenters. The van der Waals surface area contributed by atoms with Crippen LogP contribution in [0, 0.1) is 5.92 Å². The third kappa shape index (κ3) is 3.51. The molecule has 1 saturated carbocycles. The Morgan fingerprint density at radius 1 is 1.38 bits per heavy atom. The van der Waals surface area contributed by atoms with Crippen molar-refractivity contribution in [1.29, 1.82) is 0 Å². The van der Waals surface area contributed by atoms with Gasteiger partial charge in [-0.05, 0) is 31.0 Å². The quantitative estimate of drug-likeness (QED) is 0.777. The van der Waals surface area contributed by atoms with Crippen molar-refractivity contribution in [2.24, 2.45) is 11.7 Å². The number of rotatable bonds is 2. The van der Waals surface area contributed by atoms with E-state index >= 15 is 0 Å². The summed E-state index contributed by atoms with van der Waals surface area (Å²) < 4.78 is 0. The van der Waals surface area contributed by atoms with E-state index in [0.717, 1.165) is 29.8 Å². The van der Waals surface area contributed by atoms with Crippen molar-refractivity contribution < 1.29 is 9.59 Å². The lowest BCUT2D eigenvalue weighted by Gasteiger charge is -2.19. The van der Waals surface area contributed by atoms with Crippen molar-refractivity contribution in [2.45, 2.75) is 30.2 Å². The number of anilines is 2. The van der Waals surface area contributed by atoms with Crippen LogP contribution in [0.2, 0.25) is 0 Å². The second-order valence-corrected chi connectivity index (χ2v) is 6.26. The Labute approximate surface area is 133 Å². The van der Waals surface area contributed by atoms with Gasteiger partial charge in [-0.25, -0.2) is 0 Å². The highest BCUT2D eigenvalue weighted by molar-refractivity contribution is 8.00. The van der Waals surface area contributed by atoms with E-state index in [1.54, 1.807) is 6.07 Å². The van der Waals surface area contributed by atoms with Crippen LogP contribution in [-0.2, 0) is 9.59 Å². The van der Waals surface area contributed by atoms with Gasteiger partial charge in [0.05, 0.1) is 17.4 Å². The van der Waals surface area contributed by atoms with E-state index < -0.39 is 0 Å². The Hall–Kier alpha value is -1.24. The number of halogens is 1. The Morgan fingerprint density at radius 3 is 2.90 bits per heavy atom. The minimum absolute atomic E-state index is 0. The predicted octanol–water partition coefficient (Wildman–Crippen LogP) is 2.22. The molecule has 0 spiro atoms. The Morgan fingerprint density at radius 2 is 2.19 bits per heavy atom. The van der Waals surface area contributed by atoms with Crippen LogP contribution in [0.25, 0.3) is 0 Å². The van der Waals surface area contributed by atoms with Crippen LogP contribution in [0.15, 0.2) is 23.1 Å². The maximum Gasteiger partial charge on any atom is 0.234 e. The van der Waals surface area contributed by atoms with Gasteiger partial charge in [0.15, 0.2) is 0 Å². The molecule has 7 heteroatoms. The van der Waals surface area contributed by atoms with E-state index in [9.17, 15) is 9.59 Å². The minimum Gasteiger partial charge on any atom is -0.327 e. The molecule has 5 nitrogen and oxygen atoms in total. The maximum atomic E-state index is 12.2. The number of nitrogens with one attached hydrogen (secondary N) is 2. The molecular formula is C14H18ClN3O2S. The number of carbonyl (C=O) groups excluding carboxylic acids is 2. The van der Waals surface area contributed by atoms with Crippen LogP contribution in [0.1, 0.15) is 19.3 Å². The van der Waals surface area contributed by atoms with Crippen molar-refractivity contribution in [3.05, 3.63) is 18.2 Å². The number of thioether (sulfide) groups is 1. The van der Waals surface area contributed by atoms with E-state index in [1.165, 1.54) is 11.8 Å². The topological polar surface area (TPSA) is 84.2 Å². The monoisotopic (exact) mass is 327 g/mol. The van der Waals surface area contributed by atoms with Gasteiger partial charge >= 0.3 is 0 Å². The Balaban J connectivity index is 0.00000161. The summed E-state index contributed by atoms with van der Waals surface area (Å²) in [7, 11) is 0. The van der Waals surface area contributed by atoms with E-state index in [-0.39, 0.29) is 36.2 Å². The van der Waals surface area contributed by atoms with Gasteiger partial charge in [-0.3, -0.25) is 9.59 Å². The lowest BCUT2D eigenvalue weighted by atomic mass is 10.0. The van der Waals surface area contributed by atoms with Gasteiger partial charge in [0.25, 0.3) is 0 Å². The highest BCUT2D eigenvalue weighted by atomic mass is 35.5. The number of fused-ring (bicyclic) bond motifs is 1. The van der Waals surface area contributed by atoms with Gasteiger partial charge in [-0.15, -0.1) is 24.2 Å². The van der Waals surface area contributed by atoms with E-state index in [2.05, 4.69) is 10.6 Å². The van der Waals surface area contributed by atoms with Gasteiger partial charge < -0.3 is 16.4 Å². The highest BCUT2D eigenvalue weighted by Crippen LogP contribution is 2.34. The summed E-state index contributed by atoms with van der Waals surface area (Å²) >= 11 is 1.51. The standard InChI is InChI=1S/C14H17N3O2S.ClH/c15-10-3-1-2-9(10)14(19)16-8-4-5-12-11(6-8)17-13(18)7-20-12;/h4-6,9-10H,1-3,7,15H2,(H,16,19)(H,17,18);1H. The van der Waals surface area contributed by atoms with Crippen molar-refractivity contribution in [1.82, 2.24) is 0 Å². The lowest BCUT2D eigenvalue weighted by molar-refractivity contribution is -0.120. The third-order valence-corrected chi connectivity index (χ3v) is 4.86. The van der Waals surface area contributed by atoms with Crippen molar-refractivity contribution >= 4 is 47.4 Å². The normalized spacial score (nSPS) is 23.8. The van der Waals surface area contributed by atoms with E-state index in [4.69, 9.17) is 5.73 Å². The first kappa shape index (κ1) is 16.1. The molecule has 1 aromatic rings. The molecule has 4 N–H and O–H groups in total. The molecule has 2 aliphatic rings. The summed E-state index contributed by atoms with van der Waals surface area (Å²) in [5.74, 6) is 0.304. The summed E-state index contributed by atoms with van der Waals surface area (Å²) in [5, 5.41) is 5.72. The minimum atomic E-state index is -0.102. The molecule has 0 aromatic heterocycles. The fourth-order valence-corrected chi connectivity index (χ4v) is 3.50. The molecule has 1 aromatic carbocycles. The van der Waals surface area contributed by atoms with Gasteiger partial charge in [-0.2, -0.15) is 0 Å². The Kier molecular flexibility index (Phi) is 5.13. The van der Waals surface area contributed by atoms with Gasteiger partial charge in [0, 0.05) is 16.6 Å². The van der Waals surface area contributed by atoms with Crippen molar-refractivity contribution in [2.75, 3.05) is 16.4 Å². The van der Waals surface area contributed by atoms with Crippen molar-refractivity contribution in [3.63, 3.8) is 0 Å². The second-order valence-electron chi connectivity index (χ2n) is 5.24. The molecular weight excluding hydrogens is 310 g/mol. The van der Waals surface area contributed by atoms with Crippen molar-refractivity contribution in [3.8, 4) is 0 Å². The predicted molar refractivity (Wildman–Crippen MR) is 87.0 cm³/mol. The van der Waals surface area contributed by atoms with Crippen LogP contribution in [0.3, 0.4) is 0 Å². The first-order valence-electron chi connectivity index (χ1n) is 6.76. The zero-order valence-corrected chi connectivity index (χ0v) is 13.1. The first-order valence-corrected chi connectivity index (χ1v) is 7.75. The van der Waals surface area contributed by atoms with Crippen LogP contribution in [0.5, 0.6) is 0 Å². The summed E-state index contributed by atoms with van der Waals surface area (Å²) in [6, 6.07) is 5.55. The lowest BCUT2D eigenvalue weighted by Crippen LogP contribution is -2.34.